The van der Waals surface area contributed by atoms with Crippen LogP contribution >= 0.6 is 0 Å². The van der Waals surface area contributed by atoms with E-state index >= 15 is 0 Å². The number of methoxy groups -OCH3 is 1. The van der Waals surface area contributed by atoms with E-state index in [0.717, 1.165) is 21.4 Å². The van der Waals surface area contributed by atoms with Crippen LogP contribution in [0.1, 0.15) is 21.5 Å². The van der Waals surface area contributed by atoms with Gasteiger partial charge in [0.15, 0.2) is 0 Å². The quantitative estimate of drug-likeness (QED) is 0.914. The van der Waals surface area contributed by atoms with Gasteiger partial charge in [-0.05, 0) is 37.1 Å². The van der Waals surface area contributed by atoms with Crippen LogP contribution in [0, 0.1) is 13.8 Å². The van der Waals surface area contributed by atoms with Crippen molar-refractivity contribution in [2.45, 2.75) is 13.8 Å². The van der Waals surface area contributed by atoms with E-state index < -0.39 is 17.2 Å². The SMILES string of the molecule is COc1c(C)cc(C(=O)Nc2cn(C)c(=O)n(C)c2=O)cc1C. The summed E-state index contributed by atoms with van der Waals surface area (Å²) < 4.78 is 7.45. The summed E-state index contributed by atoms with van der Waals surface area (Å²) in [6.07, 6.45) is 1.31. The Morgan fingerprint density at radius 1 is 1.13 bits per heavy atom. The largest absolute Gasteiger partial charge is 0.496 e. The molecule has 0 saturated carbocycles. The molecule has 0 saturated heterocycles. The molecule has 1 heterocycles. The molecule has 23 heavy (non-hydrogen) atoms. The lowest BCUT2D eigenvalue weighted by molar-refractivity contribution is 0.102. The average Bonchev–Trinajstić information content (AvgIpc) is 2.50. The van der Waals surface area contributed by atoms with E-state index in [0.29, 0.717) is 5.56 Å². The van der Waals surface area contributed by atoms with Gasteiger partial charge in [-0.1, -0.05) is 0 Å². The van der Waals surface area contributed by atoms with Crippen molar-refractivity contribution in [1.29, 1.82) is 0 Å². The van der Waals surface area contributed by atoms with Crippen molar-refractivity contribution in [3.05, 3.63) is 55.9 Å². The zero-order chi connectivity index (χ0) is 17.3. The van der Waals surface area contributed by atoms with Crippen LogP contribution in [-0.2, 0) is 14.1 Å². The molecule has 0 bridgehead atoms. The number of carbonyl (C=O) groups excluding carboxylic acids is 1. The molecule has 1 N–H and O–H groups in total. The average molecular weight is 317 g/mol. The first-order chi connectivity index (χ1) is 10.8. The Morgan fingerprint density at radius 2 is 1.70 bits per heavy atom. The summed E-state index contributed by atoms with van der Waals surface area (Å²) in [5, 5.41) is 2.55. The number of amides is 1. The highest BCUT2D eigenvalue weighted by Gasteiger charge is 2.14. The summed E-state index contributed by atoms with van der Waals surface area (Å²) in [4.78, 5) is 36.1. The maximum absolute atomic E-state index is 12.4. The number of hydrogen-bond acceptors (Lipinski definition) is 4. The van der Waals surface area contributed by atoms with Crippen LogP contribution in [0.5, 0.6) is 5.75 Å². The van der Waals surface area contributed by atoms with E-state index in [9.17, 15) is 14.4 Å². The summed E-state index contributed by atoms with van der Waals surface area (Å²) in [5.74, 6) is 0.300. The van der Waals surface area contributed by atoms with Gasteiger partial charge in [0.05, 0.1) is 7.11 Å². The fourth-order valence-electron chi connectivity index (χ4n) is 2.49. The summed E-state index contributed by atoms with van der Waals surface area (Å²) in [5.41, 5.74) is 1.10. The number of carbonyl (C=O) groups is 1. The fourth-order valence-corrected chi connectivity index (χ4v) is 2.49. The fraction of sp³-hybridized carbons (Fsp3) is 0.312. The van der Waals surface area contributed by atoms with Crippen LogP contribution in [0.25, 0.3) is 0 Å². The zero-order valence-electron chi connectivity index (χ0n) is 13.8. The van der Waals surface area contributed by atoms with E-state index in [2.05, 4.69) is 5.32 Å². The van der Waals surface area contributed by atoms with E-state index in [1.165, 1.54) is 24.9 Å². The van der Waals surface area contributed by atoms with Gasteiger partial charge in [0, 0.05) is 25.9 Å². The normalized spacial score (nSPS) is 10.5. The number of ether oxygens (including phenoxy) is 1. The predicted molar refractivity (Wildman–Crippen MR) is 87.3 cm³/mol. The second-order valence-corrected chi connectivity index (χ2v) is 5.40. The molecule has 0 radical (unpaired) electrons. The number of anilines is 1. The van der Waals surface area contributed by atoms with Gasteiger partial charge >= 0.3 is 5.69 Å². The van der Waals surface area contributed by atoms with Gasteiger partial charge in [-0.3, -0.25) is 14.2 Å². The first-order valence-corrected chi connectivity index (χ1v) is 6.99. The van der Waals surface area contributed by atoms with Gasteiger partial charge < -0.3 is 14.6 Å². The first-order valence-electron chi connectivity index (χ1n) is 6.99. The van der Waals surface area contributed by atoms with Crippen LogP contribution < -0.4 is 21.3 Å². The van der Waals surface area contributed by atoms with Crippen LogP contribution in [-0.4, -0.2) is 22.2 Å². The lowest BCUT2D eigenvalue weighted by atomic mass is 10.1. The molecule has 0 aliphatic rings. The minimum Gasteiger partial charge on any atom is -0.496 e. The molecule has 2 aromatic rings. The van der Waals surface area contributed by atoms with Gasteiger partial charge in [-0.15, -0.1) is 0 Å². The summed E-state index contributed by atoms with van der Waals surface area (Å²) in [6.45, 7) is 3.68. The van der Waals surface area contributed by atoms with E-state index in [4.69, 9.17) is 4.74 Å². The maximum atomic E-state index is 12.4. The number of benzene rings is 1. The minimum absolute atomic E-state index is 0.0470. The molecular formula is C16H19N3O4. The molecular weight excluding hydrogens is 298 g/mol. The molecule has 1 aromatic carbocycles. The van der Waals surface area contributed by atoms with Gasteiger partial charge in [0.25, 0.3) is 11.5 Å². The first kappa shape index (κ1) is 16.5. The predicted octanol–water partition coefficient (Wildman–Crippen LogP) is 0.962. The topological polar surface area (TPSA) is 82.3 Å². The molecule has 0 fully saturated rings. The summed E-state index contributed by atoms with van der Waals surface area (Å²) in [7, 11) is 4.45. The third-order valence-corrected chi connectivity index (χ3v) is 3.62. The molecule has 0 spiro atoms. The maximum Gasteiger partial charge on any atom is 0.330 e. The number of nitrogens with zero attached hydrogens (tertiary/aromatic N) is 2. The molecule has 7 nitrogen and oxygen atoms in total. The molecule has 0 atom stereocenters. The van der Waals surface area contributed by atoms with Crippen molar-refractivity contribution in [1.82, 2.24) is 9.13 Å². The number of hydrogen-bond donors (Lipinski definition) is 1. The van der Waals surface area contributed by atoms with Crippen LogP contribution in [0.4, 0.5) is 5.69 Å². The van der Waals surface area contributed by atoms with Crippen LogP contribution in [0.15, 0.2) is 27.9 Å². The van der Waals surface area contributed by atoms with Crippen molar-refractivity contribution >= 4 is 11.6 Å². The Kier molecular flexibility index (Phi) is 4.40. The number of nitrogens with one attached hydrogen (secondary N) is 1. The number of aryl methyl sites for hydroxylation is 3. The molecule has 0 unspecified atom stereocenters. The third-order valence-electron chi connectivity index (χ3n) is 3.62. The lowest BCUT2D eigenvalue weighted by Crippen LogP contribution is -2.38. The standard InChI is InChI=1S/C16H19N3O4/c1-9-6-11(7-10(2)13(9)23-5)14(20)17-12-8-18(3)16(22)19(4)15(12)21/h6-8H,1-5H3,(H,17,20). The highest BCUT2D eigenvalue weighted by molar-refractivity contribution is 6.04. The highest BCUT2D eigenvalue weighted by Crippen LogP contribution is 2.24. The molecule has 2 rings (SSSR count). The van der Waals surface area contributed by atoms with Crippen LogP contribution in [0.2, 0.25) is 0 Å². The summed E-state index contributed by atoms with van der Waals surface area (Å²) >= 11 is 0. The van der Waals surface area contributed by atoms with Crippen molar-refractivity contribution in [2.24, 2.45) is 14.1 Å². The van der Waals surface area contributed by atoms with E-state index in [1.807, 2.05) is 13.8 Å². The van der Waals surface area contributed by atoms with E-state index in [-0.39, 0.29) is 5.69 Å². The molecule has 0 aliphatic heterocycles. The molecule has 122 valence electrons. The molecule has 7 heteroatoms. The van der Waals surface area contributed by atoms with Gasteiger partial charge in [0.2, 0.25) is 0 Å². The van der Waals surface area contributed by atoms with Crippen molar-refractivity contribution < 1.29 is 9.53 Å². The monoisotopic (exact) mass is 317 g/mol. The van der Waals surface area contributed by atoms with Crippen molar-refractivity contribution in [3.63, 3.8) is 0 Å². The Hall–Kier alpha value is -2.83. The second-order valence-electron chi connectivity index (χ2n) is 5.40. The Bertz CT molecular complexity index is 870. The van der Waals surface area contributed by atoms with Gasteiger partial charge in [0.1, 0.15) is 11.4 Å². The second kappa shape index (κ2) is 6.12. The van der Waals surface area contributed by atoms with Crippen LogP contribution in [0.3, 0.4) is 0 Å². The third kappa shape index (κ3) is 3.03. The van der Waals surface area contributed by atoms with Crippen molar-refractivity contribution in [3.8, 4) is 5.75 Å². The minimum atomic E-state index is -0.552. The smallest absolute Gasteiger partial charge is 0.330 e. The highest BCUT2D eigenvalue weighted by atomic mass is 16.5. The van der Waals surface area contributed by atoms with Crippen molar-refractivity contribution in [2.75, 3.05) is 12.4 Å². The Morgan fingerprint density at radius 3 is 2.22 bits per heavy atom. The molecule has 0 aliphatic carbocycles. The summed E-state index contributed by atoms with van der Waals surface area (Å²) in [6, 6.07) is 3.38. The number of rotatable bonds is 3. The zero-order valence-corrected chi connectivity index (χ0v) is 13.8. The molecule has 1 aromatic heterocycles. The van der Waals surface area contributed by atoms with Gasteiger partial charge in [-0.2, -0.15) is 0 Å². The number of aromatic nitrogens is 2. The van der Waals surface area contributed by atoms with E-state index in [1.54, 1.807) is 19.2 Å². The Balaban J connectivity index is 2.41. The lowest BCUT2D eigenvalue weighted by Gasteiger charge is -2.12. The van der Waals surface area contributed by atoms with Gasteiger partial charge in [-0.25, -0.2) is 4.79 Å². The Labute approximate surface area is 133 Å². The molecule has 1 amide bonds.